The van der Waals surface area contributed by atoms with Gasteiger partial charge in [-0.2, -0.15) is 0 Å². The highest BCUT2D eigenvalue weighted by Gasteiger charge is 2.19. The Morgan fingerprint density at radius 1 is 1.03 bits per heavy atom. The largest absolute Gasteiger partial charge is 0.494 e. The molecule has 5 rings (SSSR count). The van der Waals surface area contributed by atoms with Crippen LogP contribution in [0.15, 0.2) is 90.2 Å². The zero-order chi connectivity index (χ0) is 21.4. The van der Waals surface area contributed by atoms with Gasteiger partial charge in [0.05, 0.1) is 22.5 Å². The molecule has 5 aromatic rings. The fourth-order valence-corrected chi connectivity index (χ4v) is 3.71. The summed E-state index contributed by atoms with van der Waals surface area (Å²) in [7, 11) is 1.95. The number of nitrogens with one attached hydrogen (secondary N) is 1. The molecule has 0 aliphatic rings. The Morgan fingerprint density at radius 3 is 2.52 bits per heavy atom. The van der Waals surface area contributed by atoms with Crippen LogP contribution >= 0.6 is 0 Å². The van der Waals surface area contributed by atoms with E-state index < -0.39 is 0 Å². The first-order chi connectivity index (χ1) is 15.1. The molecule has 0 aliphatic heterocycles. The van der Waals surface area contributed by atoms with E-state index in [9.17, 15) is 9.50 Å². The number of benzene rings is 3. The monoisotopic (exact) mass is 410 g/mol. The summed E-state index contributed by atoms with van der Waals surface area (Å²) in [6.45, 7) is 0. The Bertz CT molecular complexity index is 1400. The van der Waals surface area contributed by atoms with Crippen molar-refractivity contribution in [3.63, 3.8) is 0 Å². The van der Waals surface area contributed by atoms with E-state index in [1.165, 1.54) is 12.1 Å². The van der Waals surface area contributed by atoms with Gasteiger partial charge in [-0.1, -0.05) is 30.3 Å². The van der Waals surface area contributed by atoms with Crippen LogP contribution in [-0.4, -0.2) is 25.4 Å². The first kappa shape index (κ1) is 18.8. The number of rotatable bonds is 4. The summed E-state index contributed by atoms with van der Waals surface area (Å²) in [5.74, 6) is 0.450. The van der Waals surface area contributed by atoms with E-state index in [1.807, 2.05) is 72.4 Å². The topological polar surface area (TPSA) is 66.2 Å². The van der Waals surface area contributed by atoms with Gasteiger partial charge >= 0.3 is 0 Å². The van der Waals surface area contributed by atoms with Crippen LogP contribution in [0.25, 0.3) is 22.3 Å². The van der Waals surface area contributed by atoms with E-state index in [2.05, 4.69) is 9.97 Å². The highest BCUT2D eigenvalue weighted by Crippen LogP contribution is 2.32. The minimum absolute atomic E-state index is 0.0483. The predicted octanol–water partition coefficient (Wildman–Crippen LogP) is 5.58. The van der Waals surface area contributed by atoms with Crippen molar-refractivity contribution < 1.29 is 9.50 Å². The number of aromatic amines is 1. The van der Waals surface area contributed by atoms with E-state index in [4.69, 9.17) is 4.99 Å². The van der Waals surface area contributed by atoms with Crippen molar-refractivity contribution in [1.29, 1.82) is 0 Å². The van der Waals surface area contributed by atoms with Crippen LogP contribution in [0, 0.1) is 5.82 Å². The van der Waals surface area contributed by atoms with Crippen LogP contribution in [0.3, 0.4) is 0 Å². The summed E-state index contributed by atoms with van der Waals surface area (Å²) in [4.78, 5) is 12.1. The van der Waals surface area contributed by atoms with Gasteiger partial charge in [0, 0.05) is 36.0 Å². The smallest absolute Gasteiger partial charge is 0.199 e. The van der Waals surface area contributed by atoms with Gasteiger partial charge in [0.25, 0.3) is 0 Å². The molecule has 0 fully saturated rings. The summed E-state index contributed by atoms with van der Waals surface area (Å²) >= 11 is 0. The molecule has 0 radical (unpaired) electrons. The van der Waals surface area contributed by atoms with Crippen LogP contribution in [0.1, 0.15) is 11.1 Å². The molecule has 0 atom stereocenters. The maximum Gasteiger partial charge on any atom is 0.199 e. The van der Waals surface area contributed by atoms with Crippen molar-refractivity contribution in [2.45, 2.75) is 0 Å². The SMILES string of the molecule is Cn1ccnc1-c1ccc(N=C(c2ccccc2)c2c(O)[nH]c3cc(F)ccc23)cc1. The number of aliphatic imine (C=N–C) groups is 1. The second kappa shape index (κ2) is 7.57. The van der Waals surface area contributed by atoms with Gasteiger partial charge in [-0.15, -0.1) is 0 Å². The van der Waals surface area contributed by atoms with E-state index in [0.29, 0.717) is 22.2 Å². The maximum absolute atomic E-state index is 13.7. The number of aromatic nitrogens is 3. The number of nitrogens with zero attached hydrogens (tertiary/aromatic N) is 3. The molecule has 0 saturated carbocycles. The van der Waals surface area contributed by atoms with E-state index in [-0.39, 0.29) is 11.7 Å². The number of fused-ring (bicyclic) bond motifs is 1. The predicted molar refractivity (Wildman–Crippen MR) is 120 cm³/mol. The first-order valence-corrected chi connectivity index (χ1v) is 9.82. The number of aromatic hydroxyl groups is 1. The average Bonchev–Trinajstić information content (AvgIpc) is 3.35. The maximum atomic E-state index is 13.7. The molecule has 2 aromatic heterocycles. The van der Waals surface area contributed by atoms with Crippen LogP contribution < -0.4 is 0 Å². The molecule has 3 aromatic carbocycles. The first-order valence-electron chi connectivity index (χ1n) is 9.82. The minimum atomic E-state index is -0.372. The highest BCUT2D eigenvalue weighted by molar-refractivity contribution is 6.21. The summed E-state index contributed by atoms with van der Waals surface area (Å²) in [5, 5.41) is 11.4. The van der Waals surface area contributed by atoms with E-state index in [0.717, 1.165) is 22.6 Å². The molecular formula is C25H19FN4O. The van der Waals surface area contributed by atoms with Crippen LogP contribution in [0.2, 0.25) is 0 Å². The molecule has 6 heteroatoms. The lowest BCUT2D eigenvalue weighted by molar-refractivity contribution is 0.457. The highest BCUT2D eigenvalue weighted by atomic mass is 19.1. The third kappa shape index (κ3) is 3.48. The van der Waals surface area contributed by atoms with Crippen molar-refractivity contribution in [2.24, 2.45) is 12.0 Å². The summed E-state index contributed by atoms with van der Waals surface area (Å²) in [6, 6.07) is 21.8. The fraction of sp³-hybridized carbons (Fsp3) is 0.0400. The Labute approximate surface area is 178 Å². The molecular weight excluding hydrogens is 391 g/mol. The number of aryl methyl sites for hydroxylation is 1. The second-order valence-electron chi connectivity index (χ2n) is 7.27. The second-order valence-corrected chi connectivity index (χ2v) is 7.27. The molecule has 0 saturated heterocycles. The zero-order valence-corrected chi connectivity index (χ0v) is 16.7. The van der Waals surface area contributed by atoms with Crippen LogP contribution in [0.4, 0.5) is 10.1 Å². The number of halogens is 1. The number of imidazole rings is 1. The van der Waals surface area contributed by atoms with Gasteiger partial charge in [-0.05, 0) is 42.5 Å². The lowest BCUT2D eigenvalue weighted by Crippen LogP contribution is -2.02. The number of H-pyrrole nitrogens is 1. The van der Waals surface area contributed by atoms with Gasteiger partial charge in [0.2, 0.25) is 0 Å². The fourth-order valence-electron chi connectivity index (χ4n) is 3.71. The normalized spacial score (nSPS) is 11.9. The lowest BCUT2D eigenvalue weighted by atomic mass is 10.0. The van der Waals surface area contributed by atoms with Gasteiger partial charge in [0.1, 0.15) is 11.6 Å². The Kier molecular flexibility index (Phi) is 4.59. The van der Waals surface area contributed by atoms with Crippen molar-refractivity contribution in [1.82, 2.24) is 14.5 Å². The lowest BCUT2D eigenvalue weighted by Gasteiger charge is -2.08. The molecule has 0 bridgehead atoms. The van der Waals surface area contributed by atoms with Gasteiger partial charge < -0.3 is 14.7 Å². The van der Waals surface area contributed by atoms with Crippen molar-refractivity contribution in [3.05, 3.63) is 102 Å². The molecule has 5 nitrogen and oxygen atoms in total. The number of hydrogen-bond donors (Lipinski definition) is 2. The average molecular weight is 410 g/mol. The Morgan fingerprint density at radius 2 is 1.81 bits per heavy atom. The van der Waals surface area contributed by atoms with Crippen molar-refractivity contribution in [2.75, 3.05) is 0 Å². The van der Waals surface area contributed by atoms with E-state index >= 15 is 0 Å². The molecule has 2 heterocycles. The standard InChI is InChI=1S/C25H19FN4O/c1-30-14-13-27-24(30)17-7-10-19(11-8-17)28-23(16-5-3-2-4-6-16)22-20-12-9-18(26)15-21(20)29-25(22)31/h2-15,29,31H,1H3. The summed E-state index contributed by atoms with van der Waals surface area (Å²) in [6.07, 6.45) is 3.66. The molecule has 0 spiro atoms. The molecule has 152 valence electrons. The summed E-state index contributed by atoms with van der Waals surface area (Å²) in [5.41, 5.74) is 4.21. The third-order valence-corrected chi connectivity index (χ3v) is 5.21. The van der Waals surface area contributed by atoms with Gasteiger partial charge in [-0.3, -0.25) is 0 Å². The Balaban J connectivity index is 1.66. The molecule has 0 amide bonds. The number of hydrogen-bond acceptors (Lipinski definition) is 3. The molecule has 0 unspecified atom stereocenters. The van der Waals surface area contributed by atoms with E-state index in [1.54, 1.807) is 12.3 Å². The van der Waals surface area contributed by atoms with Crippen molar-refractivity contribution in [3.8, 4) is 17.3 Å². The molecule has 31 heavy (non-hydrogen) atoms. The van der Waals surface area contributed by atoms with Gasteiger partial charge in [0.15, 0.2) is 5.88 Å². The minimum Gasteiger partial charge on any atom is -0.494 e. The van der Waals surface area contributed by atoms with Crippen molar-refractivity contribution >= 4 is 22.3 Å². The third-order valence-electron chi connectivity index (χ3n) is 5.21. The Hall–Kier alpha value is -4.19. The van der Waals surface area contributed by atoms with Gasteiger partial charge in [-0.25, -0.2) is 14.4 Å². The quantitative estimate of drug-likeness (QED) is 0.380. The van der Waals surface area contributed by atoms with Crippen LogP contribution in [0.5, 0.6) is 5.88 Å². The zero-order valence-electron chi connectivity index (χ0n) is 16.7. The summed E-state index contributed by atoms with van der Waals surface area (Å²) < 4.78 is 15.6. The molecule has 2 N–H and O–H groups in total. The molecule has 0 aliphatic carbocycles. The van der Waals surface area contributed by atoms with Crippen LogP contribution in [-0.2, 0) is 7.05 Å².